The molecule has 0 aliphatic carbocycles. The van der Waals surface area contributed by atoms with Crippen LogP contribution in [0.1, 0.15) is 47.2 Å². The number of likely N-dealkylation sites (tertiary alicyclic amines) is 1. The molecule has 3 heterocycles. The van der Waals surface area contributed by atoms with E-state index < -0.39 is 0 Å². The Hall–Kier alpha value is -2.74. The number of para-hydroxylation sites is 1. The lowest BCUT2D eigenvalue weighted by Gasteiger charge is -2.31. The monoisotopic (exact) mass is 426 g/mol. The lowest BCUT2D eigenvalue weighted by molar-refractivity contribution is -0.132. The third-order valence-electron chi connectivity index (χ3n) is 5.74. The van der Waals surface area contributed by atoms with Gasteiger partial charge in [0.05, 0.1) is 18.4 Å². The predicted molar refractivity (Wildman–Crippen MR) is 115 cm³/mol. The molecule has 7 nitrogen and oxygen atoms in total. The van der Waals surface area contributed by atoms with Crippen LogP contribution < -0.4 is 4.74 Å². The van der Waals surface area contributed by atoms with E-state index in [0.717, 1.165) is 64.3 Å². The summed E-state index contributed by atoms with van der Waals surface area (Å²) in [4.78, 5) is 14.6. The van der Waals surface area contributed by atoms with Crippen molar-refractivity contribution in [2.45, 2.75) is 45.4 Å². The first-order valence-electron chi connectivity index (χ1n) is 10.2. The summed E-state index contributed by atoms with van der Waals surface area (Å²) in [6.07, 6.45) is 3.00. The number of carbonyl (C=O) groups excluding carboxylic acids is 1. The molecule has 3 aromatic rings. The van der Waals surface area contributed by atoms with Gasteiger partial charge >= 0.3 is 0 Å². The Kier molecular flexibility index (Phi) is 6.13. The van der Waals surface area contributed by atoms with Gasteiger partial charge in [0.25, 0.3) is 0 Å². The van der Waals surface area contributed by atoms with Crippen molar-refractivity contribution in [3.63, 3.8) is 0 Å². The normalized spacial score (nSPS) is 14.8. The molecule has 1 saturated heterocycles. The van der Waals surface area contributed by atoms with Gasteiger partial charge in [-0.25, -0.2) is 0 Å². The molecule has 0 N–H and O–H groups in total. The highest BCUT2D eigenvalue weighted by Crippen LogP contribution is 2.36. The molecule has 0 spiro atoms. The van der Waals surface area contributed by atoms with Crippen LogP contribution in [0, 0.1) is 13.8 Å². The first kappa shape index (κ1) is 20.5. The van der Waals surface area contributed by atoms with Gasteiger partial charge in [-0.3, -0.25) is 4.79 Å². The molecule has 1 aromatic carbocycles. The molecule has 0 bridgehead atoms. The minimum atomic E-state index is 0.195. The smallest absolute Gasteiger partial charge is 0.222 e. The average Bonchev–Trinajstić information content (AvgIpc) is 3.39. The van der Waals surface area contributed by atoms with Gasteiger partial charge in [-0.1, -0.05) is 28.6 Å². The van der Waals surface area contributed by atoms with E-state index >= 15 is 0 Å². The summed E-state index contributed by atoms with van der Waals surface area (Å²) in [6.45, 7) is 5.33. The number of piperidine rings is 1. The van der Waals surface area contributed by atoms with E-state index in [-0.39, 0.29) is 5.91 Å². The van der Waals surface area contributed by atoms with E-state index in [1.807, 2.05) is 43.0 Å². The third-order valence-corrected chi connectivity index (χ3v) is 6.86. The molecule has 30 heavy (non-hydrogen) atoms. The molecule has 158 valence electrons. The van der Waals surface area contributed by atoms with E-state index in [9.17, 15) is 4.79 Å². The Morgan fingerprint density at radius 2 is 2.00 bits per heavy atom. The predicted octanol–water partition coefficient (Wildman–Crippen LogP) is 4.16. The van der Waals surface area contributed by atoms with Crippen molar-refractivity contribution in [3.05, 3.63) is 46.3 Å². The molecule has 1 aliphatic heterocycles. The number of benzene rings is 1. The summed E-state index contributed by atoms with van der Waals surface area (Å²) in [5.41, 5.74) is 2.90. The van der Waals surface area contributed by atoms with Crippen LogP contribution in [0.15, 0.2) is 28.8 Å². The van der Waals surface area contributed by atoms with Gasteiger partial charge in [-0.05, 0) is 45.2 Å². The summed E-state index contributed by atoms with van der Waals surface area (Å²) in [5.74, 6) is 2.15. The number of ether oxygens (including phenoxy) is 1. The van der Waals surface area contributed by atoms with Gasteiger partial charge in [0.15, 0.2) is 5.01 Å². The highest BCUT2D eigenvalue weighted by atomic mass is 32.1. The van der Waals surface area contributed by atoms with E-state index in [2.05, 4.69) is 15.4 Å². The molecule has 4 rings (SSSR count). The van der Waals surface area contributed by atoms with Crippen molar-refractivity contribution in [3.8, 4) is 16.3 Å². The second-order valence-corrected chi connectivity index (χ2v) is 8.61. The number of methoxy groups -OCH3 is 1. The molecular weight excluding hydrogens is 400 g/mol. The highest BCUT2D eigenvalue weighted by Gasteiger charge is 2.27. The molecule has 2 aromatic heterocycles. The van der Waals surface area contributed by atoms with Crippen molar-refractivity contribution in [1.29, 1.82) is 0 Å². The van der Waals surface area contributed by atoms with Crippen LogP contribution in [0.4, 0.5) is 0 Å². The fourth-order valence-corrected chi connectivity index (χ4v) is 5.00. The number of aryl methyl sites for hydroxylation is 2. The lowest BCUT2D eigenvalue weighted by Crippen LogP contribution is -2.38. The molecule has 0 radical (unpaired) electrons. The molecule has 0 atom stereocenters. The molecular formula is C22H26N4O3S. The van der Waals surface area contributed by atoms with E-state index in [1.165, 1.54) is 0 Å². The number of aromatic nitrogens is 3. The number of nitrogens with zero attached hydrogens (tertiary/aromatic N) is 4. The maximum Gasteiger partial charge on any atom is 0.222 e. The Morgan fingerprint density at radius 1 is 1.23 bits per heavy atom. The zero-order chi connectivity index (χ0) is 21.1. The number of hydrogen-bond acceptors (Lipinski definition) is 7. The molecule has 1 aliphatic rings. The number of rotatable bonds is 6. The zero-order valence-corrected chi connectivity index (χ0v) is 18.4. The Bertz CT molecular complexity index is 1000. The van der Waals surface area contributed by atoms with Crippen LogP contribution in [-0.2, 0) is 11.2 Å². The average molecular weight is 427 g/mol. The van der Waals surface area contributed by atoms with Gasteiger partial charge in [-0.2, -0.15) is 0 Å². The molecule has 0 saturated carbocycles. The minimum absolute atomic E-state index is 0.195. The van der Waals surface area contributed by atoms with Crippen LogP contribution >= 0.6 is 11.3 Å². The van der Waals surface area contributed by atoms with Gasteiger partial charge in [-0.15, -0.1) is 10.2 Å². The van der Waals surface area contributed by atoms with Crippen molar-refractivity contribution in [2.75, 3.05) is 20.2 Å². The largest absolute Gasteiger partial charge is 0.496 e. The summed E-state index contributed by atoms with van der Waals surface area (Å²) in [6, 6.07) is 7.86. The number of amides is 1. The lowest BCUT2D eigenvalue weighted by atomic mass is 9.97. The third kappa shape index (κ3) is 4.23. The summed E-state index contributed by atoms with van der Waals surface area (Å²) < 4.78 is 10.6. The van der Waals surface area contributed by atoms with Crippen LogP contribution in [0.25, 0.3) is 10.6 Å². The summed E-state index contributed by atoms with van der Waals surface area (Å²) >= 11 is 1.62. The van der Waals surface area contributed by atoms with E-state index in [0.29, 0.717) is 18.8 Å². The van der Waals surface area contributed by atoms with Gasteiger partial charge in [0, 0.05) is 31.0 Å². The maximum absolute atomic E-state index is 12.7. The zero-order valence-electron chi connectivity index (χ0n) is 17.6. The second-order valence-electron chi connectivity index (χ2n) is 7.60. The van der Waals surface area contributed by atoms with Gasteiger partial charge < -0.3 is 14.2 Å². The molecule has 8 heteroatoms. The number of hydrogen-bond donors (Lipinski definition) is 0. The number of carbonyl (C=O) groups is 1. The maximum atomic E-state index is 12.7. The van der Waals surface area contributed by atoms with Crippen LogP contribution in [0.2, 0.25) is 0 Å². The topological polar surface area (TPSA) is 81.4 Å². The van der Waals surface area contributed by atoms with Gasteiger partial charge in [0.1, 0.15) is 16.5 Å². The molecule has 1 amide bonds. The fraction of sp³-hybridized carbons (Fsp3) is 0.455. The first-order chi connectivity index (χ1) is 14.6. The van der Waals surface area contributed by atoms with Crippen LogP contribution in [0.5, 0.6) is 5.75 Å². The van der Waals surface area contributed by atoms with Crippen molar-refractivity contribution in [1.82, 2.24) is 20.3 Å². The fourth-order valence-electron chi connectivity index (χ4n) is 3.95. The van der Waals surface area contributed by atoms with Gasteiger partial charge in [0.2, 0.25) is 5.91 Å². The SMILES string of the molecule is COc1ccccc1-c1nnc(C2CCN(C(=O)CCc3c(C)noc3C)CC2)s1. The van der Waals surface area contributed by atoms with Crippen molar-refractivity contribution in [2.24, 2.45) is 0 Å². The Balaban J connectivity index is 1.33. The van der Waals surface area contributed by atoms with Crippen LogP contribution in [0.3, 0.4) is 0 Å². The highest BCUT2D eigenvalue weighted by molar-refractivity contribution is 7.14. The minimum Gasteiger partial charge on any atom is -0.496 e. The summed E-state index contributed by atoms with van der Waals surface area (Å²) in [5, 5.41) is 14.7. The molecule has 1 fully saturated rings. The van der Waals surface area contributed by atoms with Crippen molar-refractivity contribution >= 4 is 17.2 Å². The van der Waals surface area contributed by atoms with E-state index in [4.69, 9.17) is 9.26 Å². The molecule has 0 unspecified atom stereocenters. The second kappa shape index (κ2) is 8.95. The standard InChI is InChI=1S/C22H26N4O3S/c1-14-17(15(2)29-25-14)8-9-20(27)26-12-10-16(11-13-26)21-23-24-22(30-21)18-6-4-5-7-19(18)28-3/h4-7,16H,8-13H2,1-3H3. The Labute approximate surface area is 180 Å². The summed E-state index contributed by atoms with van der Waals surface area (Å²) in [7, 11) is 1.67. The first-order valence-corrected chi connectivity index (χ1v) is 11.0. The quantitative estimate of drug-likeness (QED) is 0.589. The van der Waals surface area contributed by atoms with E-state index in [1.54, 1.807) is 18.4 Å². The van der Waals surface area contributed by atoms with Crippen LogP contribution in [-0.4, -0.2) is 46.4 Å². The Morgan fingerprint density at radius 3 is 2.70 bits per heavy atom. The van der Waals surface area contributed by atoms with Crippen molar-refractivity contribution < 1.29 is 14.1 Å².